The molecule has 0 bridgehead atoms. The van der Waals surface area contributed by atoms with Crippen LogP contribution in [0.2, 0.25) is 0 Å². The van der Waals surface area contributed by atoms with E-state index >= 15 is 0 Å². The van der Waals surface area contributed by atoms with E-state index in [1.165, 1.54) is 0 Å². The summed E-state index contributed by atoms with van der Waals surface area (Å²) in [6.07, 6.45) is 3.66. The normalized spacial score (nSPS) is 18.3. The smallest absolute Gasteiger partial charge is 0.193 e. The molecular weight excluding hydrogens is 414 g/mol. The maximum Gasteiger partial charge on any atom is 0.193 e. The number of aliphatic imine (C=N–C) groups is 1. The zero-order chi connectivity index (χ0) is 22.6. The molecule has 1 saturated heterocycles. The lowest BCUT2D eigenvalue weighted by Gasteiger charge is -2.34. The molecule has 1 N–H and O–H groups in total. The summed E-state index contributed by atoms with van der Waals surface area (Å²) in [6, 6.07) is 7.19. The van der Waals surface area contributed by atoms with Crippen LogP contribution in [0.1, 0.15) is 38.0 Å². The Bertz CT molecular complexity index is 1010. The number of aryl methyl sites for hydroxylation is 1. The minimum Gasteiger partial charge on any atom is -0.370 e. The summed E-state index contributed by atoms with van der Waals surface area (Å²) in [4.78, 5) is 6.77. The first kappa shape index (κ1) is 23.3. The molecule has 1 aromatic heterocycles. The number of aromatic nitrogens is 2. The first-order chi connectivity index (χ1) is 14.6. The summed E-state index contributed by atoms with van der Waals surface area (Å²) in [5.41, 5.74) is 2.12. The van der Waals surface area contributed by atoms with Crippen molar-refractivity contribution in [3.05, 3.63) is 47.8 Å². The van der Waals surface area contributed by atoms with Gasteiger partial charge in [0, 0.05) is 38.9 Å². The van der Waals surface area contributed by atoms with Crippen LogP contribution in [-0.4, -0.2) is 68.1 Å². The van der Waals surface area contributed by atoms with Gasteiger partial charge in [-0.2, -0.15) is 5.10 Å². The average Bonchev–Trinajstić information content (AvgIpc) is 3.17. The molecule has 2 aromatic rings. The summed E-state index contributed by atoms with van der Waals surface area (Å²) in [5.74, 6) is 0.674. The van der Waals surface area contributed by atoms with Gasteiger partial charge in [-0.25, -0.2) is 8.42 Å². The Labute approximate surface area is 185 Å². The van der Waals surface area contributed by atoms with Crippen molar-refractivity contribution in [2.24, 2.45) is 12.0 Å². The van der Waals surface area contributed by atoms with Crippen molar-refractivity contribution in [1.29, 1.82) is 0 Å². The van der Waals surface area contributed by atoms with E-state index in [0.717, 1.165) is 11.1 Å². The molecule has 1 aliphatic heterocycles. The minimum absolute atomic E-state index is 0.00272. The lowest BCUT2D eigenvalue weighted by molar-refractivity contribution is -0.00798. The van der Waals surface area contributed by atoms with Crippen LogP contribution in [0.3, 0.4) is 0 Å². The number of guanidine groups is 1. The first-order valence-electron chi connectivity index (χ1n) is 10.5. The van der Waals surface area contributed by atoms with Gasteiger partial charge in [-0.15, -0.1) is 0 Å². The standard InChI is InChI=1S/C22H33N5O3S/c1-22(2,3)18-6-8-19(9-7-18)31(28,29)13-10-24-21(23-4)27-11-12-30-20(16-27)17-14-25-26(5)15-17/h6-9,14-15,20H,10-13,16H2,1-5H3,(H,23,24). The van der Waals surface area contributed by atoms with Crippen molar-refractivity contribution in [2.75, 3.05) is 39.0 Å². The number of nitrogens with zero attached hydrogens (tertiary/aromatic N) is 4. The van der Waals surface area contributed by atoms with Gasteiger partial charge in [-0.1, -0.05) is 32.9 Å². The number of hydrogen-bond acceptors (Lipinski definition) is 5. The molecule has 0 spiro atoms. The lowest BCUT2D eigenvalue weighted by Crippen LogP contribution is -2.49. The van der Waals surface area contributed by atoms with Crippen LogP contribution in [0.15, 0.2) is 46.5 Å². The molecule has 1 atom stereocenters. The molecule has 1 aliphatic rings. The van der Waals surface area contributed by atoms with E-state index in [0.29, 0.717) is 30.6 Å². The van der Waals surface area contributed by atoms with Gasteiger partial charge in [0.2, 0.25) is 0 Å². The summed E-state index contributed by atoms with van der Waals surface area (Å²) in [6.45, 7) is 8.50. The highest BCUT2D eigenvalue weighted by Crippen LogP contribution is 2.24. The number of hydrogen-bond donors (Lipinski definition) is 1. The van der Waals surface area contributed by atoms with Crippen LogP contribution in [-0.2, 0) is 27.0 Å². The second-order valence-electron chi connectivity index (χ2n) is 8.82. The Morgan fingerprint density at radius 3 is 2.58 bits per heavy atom. The minimum atomic E-state index is -3.38. The molecule has 1 unspecified atom stereocenters. The first-order valence-corrected chi connectivity index (χ1v) is 12.1. The third kappa shape index (κ3) is 5.86. The van der Waals surface area contributed by atoms with E-state index in [1.807, 2.05) is 31.6 Å². The fourth-order valence-corrected chi connectivity index (χ4v) is 4.72. The predicted molar refractivity (Wildman–Crippen MR) is 122 cm³/mol. The number of sulfone groups is 1. The molecule has 0 aliphatic carbocycles. The Hall–Kier alpha value is -2.39. The molecule has 0 amide bonds. The van der Waals surface area contributed by atoms with Crippen LogP contribution < -0.4 is 5.32 Å². The van der Waals surface area contributed by atoms with Crippen LogP contribution in [0.5, 0.6) is 0 Å². The Balaban J connectivity index is 1.58. The highest BCUT2D eigenvalue weighted by molar-refractivity contribution is 7.91. The van der Waals surface area contributed by atoms with Gasteiger partial charge in [0.05, 0.1) is 30.0 Å². The largest absolute Gasteiger partial charge is 0.370 e. The Morgan fingerprint density at radius 2 is 2.00 bits per heavy atom. The molecule has 9 heteroatoms. The fourth-order valence-electron chi connectivity index (χ4n) is 3.56. The molecular formula is C22H33N5O3S. The van der Waals surface area contributed by atoms with Crippen molar-refractivity contribution in [1.82, 2.24) is 20.0 Å². The fraction of sp³-hybridized carbons (Fsp3) is 0.545. The van der Waals surface area contributed by atoms with Crippen LogP contribution in [0.4, 0.5) is 0 Å². The predicted octanol–water partition coefficient (Wildman–Crippen LogP) is 2.14. The highest BCUT2D eigenvalue weighted by atomic mass is 32.2. The van der Waals surface area contributed by atoms with E-state index in [-0.39, 0.29) is 23.8 Å². The third-order valence-corrected chi connectivity index (χ3v) is 7.14. The average molecular weight is 448 g/mol. The zero-order valence-corrected chi connectivity index (χ0v) is 19.8. The second-order valence-corrected chi connectivity index (χ2v) is 10.9. The van der Waals surface area contributed by atoms with E-state index in [9.17, 15) is 8.42 Å². The topological polar surface area (TPSA) is 88.8 Å². The second kappa shape index (κ2) is 9.40. The molecule has 170 valence electrons. The summed E-state index contributed by atoms with van der Waals surface area (Å²) in [5, 5.41) is 7.41. The molecule has 0 radical (unpaired) electrons. The summed E-state index contributed by atoms with van der Waals surface area (Å²) in [7, 11) is 0.202. The van der Waals surface area contributed by atoms with Gasteiger partial charge in [-0.3, -0.25) is 9.67 Å². The van der Waals surface area contributed by atoms with Gasteiger partial charge in [-0.05, 0) is 23.1 Å². The van der Waals surface area contributed by atoms with Crippen molar-refractivity contribution in [3.63, 3.8) is 0 Å². The highest BCUT2D eigenvalue weighted by Gasteiger charge is 2.25. The van der Waals surface area contributed by atoms with Crippen molar-refractivity contribution in [2.45, 2.75) is 37.2 Å². The third-order valence-electron chi connectivity index (χ3n) is 5.41. The van der Waals surface area contributed by atoms with Crippen LogP contribution >= 0.6 is 0 Å². The van der Waals surface area contributed by atoms with Crippen molar-refractivity contribution in [3.8, 4) is 0 Å². The zero-order valence-electron chi connectivity index (χ0n) is 19.0. The van der Waals surface area contributed by atoms with E-state index in [4.69, 9.17) is 4.74 Å². The van der Waals surface area contributed by atoms with Crippen LogP contribution in [0, 0.1) is 0 Å². The van der Waals surface area contributed by atoms with E-state index in [2.05, 4.69) is 41.1 Å². The van der Waals surface area contributed by atoms with Gasteiger partial charge >= 0.3 is 0 Å². The number of nitrogens with one attached hydrogen (secondary N) is 1. The number of ether oxygens (including phenoxy) is 1. The summed E-state index contributed by atoms with van der Waals surface area (Å²) < 4.78 is 33.1. The van der Waals surface area contributed by atoms with Gasteiger partial charge in [0.1, 0.15) is 6.10 Å². The molecule has 1 fully saturated rings. The SMILES string of the molecule is CN=C(NCCS(=O)(=O)c1ccc(C(C)(C)C)cc1)N1CCOC(c2cnn(C)c2)C1. The molecule has 31 heavy (non-hydrogen) atoms. The van der Waals surface area contributed by atoms with Crippen molar-refractivity contribution >= 4 is 15.8 Å². The quantitative estimate of drug-likeness (QED) is 0.558. The molecule has 1 aromatic carbocycles. The van der Waals surface area contributed by atoms with E-state index < -0.39 is 9.84 Å². The van der Waals surface area contributed by atoms with E-state index in [1.54, 1.807) is 23.9 Å². The van der Waals surface area contributed by atoms with Gasteiger partial charge in [0.15, 0.2) is 15.8 Å². The Kier molecular flexibility index (Phi) is 7.06. The molecule has 0 saturated carbocycles. The molecule has 2 heterocycles. The Morgan fingerprint density at radius 1 is 1.29 bits per heavy atom. The monoisotopic (exact) mass is 447 g/mol. The summed E-state index contributed by atoms with van der Waals surface area (Å²) >= 11 is 0. The number of benzene rings is 1. The number of morpholine rings is 1. The van der Waals surface area contributed by atoms with Crippen LogP contribution in [0.25, 0.3) is 0 Å². The lowest BCUT2D eigenvalue weighted by atomic mass is 9.87. The van der Waals surface area contributed by atoms with Crippen molar-refractivity contribution < 1.29 is 13.2 Å². The maximum absolute atomic E-state index is 12.8. The molecule has 3 rings (SSSR count). The maximum atomic E-state index is 12.8. The molecule has 8 nitrogen and oxygen atoms in total. The van der Waals surface area contributed by atoms with Gasteiger partial charge in [0.25, 0.3) is 0 Å². The number of rotatable bonds is 5. The van der Waals surface area contributed by atoms with Gasteiger partial charge < -0.3 is 15.0 Å².